The van der Waals surface area contributed by atoms with Crippen molar-refractivity contribution in [1.82, 2.24) is 0 Å². The lowest BCUT2D eigenvalue weighted by Crippen LogP contribution is -2.42. The van der Waals surface area contributed by atoms with Crippen molar-refractivity contribution in [3.05, 3.63) is 0 Å². The fourth-order valence-corrected chi connectivity index (χ4v) is 3.21. The number of alkyl halides is 3. The molecule has 0 aromatic carbocycles. The molecule has 0 spiro atoms. The number of carbonyl (C=O) groups excluding carboxylic acids is 1. The molecule has 5 heteroatoms. The number of ether oxygens (including phenoxy) is 1. The van der Waals surface area contributed by atoms with E-state index in [4.69, 9.17) is 0 Å². The van der Waals surface area contributed by atoms with Gasteiger partial charge in [-0.2, -0.15) is 8.78 Å². The van der Waals surface area contributed by atoms with Gasteiger partial charge in [0.15, 0.2) is 0 Å². The zero-order valence-corrected chi connectivity index (χ0v) is 10.8. The SMILES string of the molecule is COC(=O)C(F)(F)C1CCCCCC1I. The first-order valence-corrected chi connectivity index (χ1v) is 6.35. The van der Waals surface area contributed by atoms with Crippen LogP contribution in [0, 0.1) is 5.92 Å². The summed E-state index contributed by atoms with van der Waals surface area (Å²) < 4.78 is 31.3. The molecule has 0 aromatic heterocycles. The quantitative estimate of drug-likeness (QED) is 0.336. The minimum atomic E-state index is -3.33. The number of methoxy groups -OCH3 is 1. The van der Waals surface area contributed by atoms with E-state index in [0.717, 1.165) is 32.8 Å². The Bertz CT molecular complexity index is 233. The van der Waals surface area contributed by atoms with Crippen molar-refractivity contribution in [2.45, 2.75) is 42.0 Å². The Balaban J connectivity index is 2.78. The molecule has 2 unspecified atom stereocenters. The average molecular weight is 332 g/mol. The van der Waals surface area contributed by atoms with E-state index in [9.17, 15) is 13.6 Å². The van der Waals surface area contributed by atoms with Crippen LogP contribution in [0.4, 0.5) is 8.78 Å². The molecule has 15 heavy (non-hydrogen) atoms. The maximum atomic E-state index is 13.7. The Labute approximate surface area is 102 Å². The van der Waals surface area contributed by atoms with E-state index in [-0.39, 0.29) is 3.92 Å². The molecule has 1 saturated carbocycles. The monoisotopic (exact) mass is 332 g/mol. The molecule has 1 aliphatic carbocycles. The van der Waals surface area contributed by atoms with Gasteiger partial charge in [-0.25, -0.2) is 4.79 Å². The molecule has 1 fully saturated rings. The third kappa shape index (κ3) is 3.01. The molecule has 0 N–H and O–H groups in total. The molecule has 0 saturated heterocycles. The number of halogens is 3. The third-order valence-electron chi connectivity index (χ3n) is 2.85. The number of hydrogen-bond acceptors (Lipinski definition) is 2. The second-order valence-corrected chi connectivity index (χ2v) is 5.48. The minimum absolute atomic E-state index is 0.140. The van der Waals surface area contributed by atoms with Crippen molar-refractivity contribution >= 4 is 28.6 Å². The van der Waals surface area contributed by atoms with Crippen molar-refractivity contribution in [2.75, 3.05) is 7.11 Å². The summed E-state index contributed by atoms with van der Waals surface area (Å²) in [5.74, 6) is -5.59. The van der Waals surface area contributed by atoms with Gasteiger partial charge >= 0.3 is 11.9 Å². The summed E-state index contributed by atoms with van der Waals surface area (Å²) in [5, 5.41) is 0. The summed E-state index contributed by atoms with van der Waals surface area (Å²) >= 11 is 2.03. The Morgan fingerprint density at radius 2 is 1.93 bits per heavy atom. The molecular weight excluding hydrogens is 317 g/mol. The van der Waals surface area contributed by atoms with Crippen molar-refractivity contribution in [3.8, 4) is 0 Å². The molecule has 2 atom stereocenters. The number of carbonyl (C=O) groups is 1. The number of hydrogen-bond donors (Lipinski definition) is 0. The Hall–Kier alpha value is 0.0600. The van der Waals surface area contributed by atoms with E-state index in [1.54, 1.807) is 0 Å². The van der Waals surface area contributed by atoms with Gasteiger partial charge in [-0.3, -0.25) is 0 Å². The molecule has 1 rings (SSSR count). The molecule has 0 aliphatic heterocycles. The van der Waals surface area contributed by atoms with Crippen LogP contribution in [0.15, 0.2) is 0 Å². The zero-order chi connectivity index (χ0) is 11.5. The van der Waals surface area contributed by atoms with E-state index < -0.39 is 17.8 Å². The maximum Gasteiger partial charge on any atom is 0.377 e. The topological polar surface area (TPSA) is 26.3 Å². The molecule has 88 valence electrons. The first-order valence-electron chi connectivity index (χ1n) is 5.10. The van der Waals surface area contributed by atoms with Crippen LogP contribution in [0.25, 0.3) is 0 Å². The van der Waals surface area contributed by atoms with Gasteiger partial charge in [-0.15, -0.1) is 0 Å². The first-order chi connectivity index (χ1) is 7.00. The highest BCUT2D eigenvalue weighted by atomic mass is 127. The van der Waals surface area contributed by atoms with Gasteiger partial charge in [0.1, 0.15) is 0 Å². The van der Waals surface area contributed by atoms with E-state index in [2.05, 4.69) is 4.74 Å². The van der Waals surface area contributed by atoms with Crippen LogP contribution < -0.4 is 0 Å². The maximum absolute atomic E-state index is 13.7. The van der Waals surface area contributed by atoms with Crippen molar-refractivity contribution < 1.29 is 18.3 Å². The highest BCUT2D eigenvalue weighted by Gasteiger charge is 2.50. The fraction of sp³-hybridized carbons (Fsp3) is 0.900. The van der Waals surface area contributed by atoms with Crippen LogP contribution in [0.1, 0.15) is 32.1 Å². The highest BCUT2D eigenvalue weighted by molar-refractivity contribution is 14.1. The van der Waals surface area contributed by atoms with Gasteiger partial charge in [-0.05, 0) is 12.8 Å². The van der Waals surface area contributed by atoms with Crippen molar-refractivity contribution in [2.24, 2.45) is 5.92 Å². The van der Waals surface area contributed by atoms with Crippen LogP contribution in [0.3, 0.4) is 0 Å². The summed E-state index contributed by atoms with van der Waals surface area (Å²) in [5.41, 5.74) is 0. The summed E-state index contributed by atoms with van der Waals surface area (Å²) in [4.78, 5) is 11.0. The Morgan fingerprint density at radius 1 is 1.33 bits per heavy atom. The molecule has 0 bridgehead atoms. The van der Waals surface area contributed by atoms with Gasteiger partial charge in [0.25, 0.3) is 0 Å². The normalized spacial score (nSPS) is 28.3. The number of rotatable bonds is 2. The smallest absolute Gasteiger partial charge is 0.377 e. The van der Waals surface area contributed by atoms with Crippen LogP contribution in [0.2, 0.25) is 0 Å². The Morgan fingerprint density at radius 3 is 2.53 bits per heavy atom. The largest absolute Gasteiger partial charge is 0.465 e. The van der Waals surface area contributed by atoms with E-state index in [1.807, 2.05) is 22.6 Å². The molecule has 0 radical (unpaired) electrons. The predicted octanol–water partition coefficient (Wildman–Crippen LogP) is 3.18. The van der Waals surface area contributed by atoms with Crippen molar-refractivity contribution in [3.63, 3.8) is 0 Å². The fourth-order valence-electron chi connectivity index (χ4n) is 1.96. The van der Waals surface area contributed by atoms with Crippen LogP contribution >= 0.6 is 22.6 Å². The van der Waals surface area contributed by atoms with Crippen LogP contribution in [0.5, 0.6) is 0 Å². The van der Waals surface area contributed by atoms with Crippen molar-refractivity contribution in [1.29, 1.82) is 0 Å². The molecule has 1 aliphatic rings. The van der Waals surface area contributed by atoms with E-state index >= 15 is 0 Å². The Kier molecular flexibility index (Phi) is 4.73. The van der Waals surface area contributed by atoms with Gasteiger partial charge < -0.3 is 4.74 Å². The lowest BCUT2D eigenvalue weighted by Gasteiger charge is -2.26. The molecule has 0 aromatic rings. The third-order valence-corrected chi connectivity index (χ3v) is 4.35. The molecule has 0 amide bonds. The summed E-state index contributed by atoms with van der Waals surface area (Å²) in [6.45, 7) is 0. The van der Waals surface area contributed by atoms with Gasteiger partial charge in [-0.1, -0.05) is 41.9 Å². The molecule has 0 heterocycles. The standard InChI is InChI=1S/C10H15F2IO2/c1-15-9(14)10(11,12)7-5-3-2-4-6-8(7)13/h7-8H,2-6H2,1H3. The van der Waals surface area contributed by atoms with Crippen LogP contribution in [-0.2, 0) is 9.53 Å². The minimum Gasteiger partial charge on any atom is -0.465 e. The molecular formula is C10H15F2IO2. The summed E-state index contributed by atoms with van der Waals surface area (Å²) in [6, 6.07) is 0. The highest BCUT2D eigenvalue weighted by Crippen LogP contribution is 2.40. The average Bonchev–Trinajstić information content (AvgIpc) is 2.41. The lowest BCUT2D eigenvalue weighted by atomic mass is 9.93. The van der Waals surface area contributed by atoms with E-state index in [0.29, 0.717) is 6.42 Å². The second kappa shape index (κ2) is 5.41. The summed E-state index contributed by atoms with van der Waals surface area (Å²) in [6.07, 6.45) is 3.90. The zero-order valence-electron chi connectivity index (χ0n) is 8.64. The van der Waals surface area contributed by atoms with Gasteiger partial charge in [0, 0.05) is 9.84 Å². The van der Waals surface area contributed by atoms with Crippen LogP contribution in [-0.4, -0.2) is 22.9 Å². The second-order valence-electron chi connectivity index (χ2n) is 3.88. The van der Waals surface area contributed by atoms with E-state index in [1.165, 1.54) is 0 Å². The van der Waals surface area contributed by atoms with Gasteiger partial charge in [0.05, 0.1) is 7.11 Å². The van der Waals surface area contributed by atoms with Gasteiger partial charge in [0.2, 0.25) is 0 Å². The lowest BCUT2D eigenvalue weighted by molar-refractivity contribution is -0.177. The molecule has 2 nitrogen and oxygen atoms in total. The first kappa shape index (κ1) is 13.1. The number of esters is 1. The predicted molar refractivity (Wildman–Crippen MR) is 61.3 cm³/mol. The summed E-state index contributed by atoms with van der Waals surface area (Å²) in [7, 11) is 1.01.